The Bertz CT molecular complexity index is 268. The lowest BCUT2D eigenvalue weighted by molar-refractivity contribution is 0.206. The Morgan fingerprint density at radius 3 is 3.00 bits per heavy atom. The SMILES string of the molecule is COCCN(C)c1ccncc1Br. The zero-order valence-corrected chi connectivity index (χ0v) is 9.41. The van der Waals surface area contributed by atoms with Crippen LogP contribution < -0.4 is 4.90 Å². The molecule has 3 nitrogen and oxygen atoms in total. The Kier molecular flexibility index (Phi) is 4.18. The Hall–Kier alpha value is -0.610. The van der Waals surface area contributed by atoms with E-state index in [0.717, 1.165) is 23.3 Å². The molecule has 0 unspecified atom stereocenters. The summed E-state index contributed by atoms with van der Waals surface area (Å²) in [5, 5.41) is 0. The van der Waals surface area contributed by atoms with Crippen LogP contribution in [0, 0.1) is 0 Å². The first kappa shape index (κ1) is 10.5. The highest BCUT2D eigenvalue weighted by atomic mass is 79.9. The third-order valence-electron chi connectivity index (χ3n) is 1.79. The molecule has 0 aliphatic rings. The normalized spacial score (nSPS) is 10.1. The molecular weight excluding hydrogens is 232 g/mol. The van der Waals surface area contributed by atoms with E-state index < -0.39 is 0 Å². The van der Waals surface area contributed by atoms with Crippen molar-refractivity contribution in [3.05, 3.63) is 22.9 Å². The molecule has 0 amide bonds. The second kappa shape index (κ2) is 5.19. The van der Waals surface area contributed by atoms with Gasteiger partial charge in [-0.2, -0.15) is 0 Å². The third kappa shape index (κ3) is 2.97. The number of nitrogens with zero attached hydrogens (tertiary/aromatic N) is 2. The fourth-order valence-corrected chi connectivity index (χ4v) is 1.58. The van der Waals surface area contributed by atoms with Crippen molar-refractivity contribution in [3.63, 3.8) is 0 Å². The fraction of sp³-hybridized carbons (Fsp3) is 0.444. The van der Waals surface area contributed by atoms with Gasteiger partial charge in [0.15, 0.2) is 0 Å². The van der Waals surface area contributed by atoms with Crippen molar-refractivity contribution < 1.29 is 4.74 Å². The van der Waals surface area contributed by atoms with E-state index >= 15 is 0 Å². The molecule has 72 valence electrons. The van der Waals surface area contributed by atoms with Crippen molar-refractivity contribution in [1.29, 1.82) is 0 Å². The van der Waals surface area contributed by atoms with Crippen LogP contribution in [0.1, 0.15) is 0 Å². The van der Waals surface area contributed by atoms with Crippen LogP contribution in [0.5, 0.6) is 0 Å². The summed E-state index contributed by atoms with van der Waals surface area (Å²) in [4.78, 5) is 6.12. The Morgan fingerprint density at radius 2 is 2.38 bits per heavy atom. The minimum absolute atomic E-state index is 0.727. The number of pyridine rings is 1. The standard InChI is InChI=1S/C9H13BrN2O/c1-12(5-6-13-2)9-3-4-11-7-8(9)10/h3-4,7H,5-6H2,1-2H3. The number of anilines is 1. The van der Waals surface area contributed by atoms with Crippen molar-refractivity contribution in [3.8, 4) is 0 Å². The zero-order valence-electron chi connectivity index (χ0n) is 7.83. The summed E-state index contributed by atoms with van der Waals surface area (Å²) in [5.74, 6) is 0. The van der Waals surface area contributed by atoms with Gasteiger partial charge in [-0.25, -0.2) is 0 Å². The Balaban J connectivity index is 2.65. The van der Waals surface area contributed by atoms with E-state index in [1.165, 1.54) is 0 Å². The molecule has 0 saturated heterocycles. The predicted octanol–water partition coefficient (Wildman–Crippen LogP) is 1.93. The molecule has 0 radical (unpaired) electrons. The fourth-order valence-electron chi connectivity index (χ4n) is 1.03. The molecule has 0 aliphatic heterocycles. The number of halogens is 1. The van der Waals surface area contributed by atoms with Gasteiger partial charge in [-0.15, -0.1) is 0 Å². The van der Waals surface area contributed by atoms with Crippen molar-refractivity contribution in [1.82, 2.24) is 4.98 Å². The summed E-state index contributed by atoms with van der Waals surface area (Å²) in [6.07, 6.45) is 3.57. The summed E-state index contributed by atoms with van der Waals surface area (Å²) in [6, 6.07) is 1.97. The minimum Gasteiger partial charge on any atom is -0.383 e. The van der Waals surface area contributed by atoms with Crippen molar-refractivity contribution in [2.45, 2.75) is 0 Å². The second-order valence-corrected chi connectivity index (χ2v) is 3.60. The number of methoxy groups -OCH3 is 1. The maximum Gasteiger partial charge on any atom is 0.0637 e. The molecule has 13 heavy (non-hydrogen) atoms. The molecule has 0 bridgehead atoms. The van der Waals surface area contributed by atoms with Crippen LogP contribution >= 0.6 is 15.9 Å². The van der Waals surface area contributed by atoms with E-state index in [1.807, 2.05) is 13.1 Å². The number of rotatable bonds is 4. The van der Waals surface area contributed by atoms with E-state index in [0.29, 0.717) is 0 Å². The lowest BCUT2D eigenvalue weighted by Gasteiger charge is -2.19. The van der Waals surface area contributed by atoms with E-state index in [2.05, 4.69) is 25.8 Å². The quantitative estimate of drug-likeness (QED) is 0.810. The van der Waals surface area contributed by atoms with Crippen LogP contribution in [0.15, 0.2) is 22.9 Å². The first-order valence-electron chi connectivity index (χ1n) is 4.05. The summed E-state index contributed by atoms with van der Waals surface area (Å²) in [5.41, 5.74) is 1.13. The summed E-state index contributed by atoms with van der Waals surface area (Å²) in [6.45, 7) is 1.60. The summed E-state index contributed by atoms with van der Waals surface area (Å²) >= 11 is 3.44. The monoisotopic (exact) mass is 244 g/mol. The molecule has 0 spiro atoms. The number of hydrogen-bond acceptors (Lipinski definition) is 3. The van der Waals surface area contributed by atoms with Crippen LogP contribution in [0.3, 0.4) is 0 Å². The zero-order chi connectivity index (χ0) is 9.68. The lowest BCUT2D eigenvalue weighted by Crippen LogP contribution is -2.22. The largest absolute Gasteiger partial charge is 0.383 e. The predicted molar refractivity (Wildman–Crippen MR) is 57.1 cm³/mol. The van der Waals surface area contributed by atoms with Crippen molar-refractivity contribution in [2.24, 2.45) is 0 Å². The first-order valence-corrected chi connectivity index (χ1v) is 4.84. The van der Waals surface area contributed by atoms with Gasteiger partial charge in [-0.1, -0.05) is 0 Å². The van der Waals surface area contributed by atoms with Crippen LogP contribution in [-0.4, -0.2) is 32.3 Å². The molecule has 1 aromatic heterocycles. The average molecular weight is 245 g/mol. The van der Waals surface area contributed by atoms with Gasteiger partial charge in [0.05, 0.1) is 16.8 Å². The molecule has 0 atom stereocenters. The Labute approximate surface area is 86.9 Å². The van der Waals surface area contributed by atoms with E-state index in [-0.39, 0.29) is 0 Å². The molecule has 1 heterocycles. The number of hydrogen-bond donors (Lipinski definition) is 0. The molecule has 0 aliphatic carbocycles. The van der Waals surface area contributed by atoms with Gasteiger partial charge in [0, 0.05) is 33.1 Å². The first-order chi connectivity index (χ1) is 6.25. The third-order valence-corrected chi connectivity index (χ3v) is 2.40. The topological polar surface area (TPSA) is 25.4 Å². The van der Waals surface area contributed by atoms with Gasteiger partial charge in [0.2, 0.25) is 0 Å². The van der Waals surface area contributed by atoms with E-state index in [9.17, 15) is 0 Å². The Morgan fingerprint density at radius 1 is 1.62 bits per heavy atom. The van der Waals surface area contributed by atoms with E-state index in [4.69, 9.17) is 4.74 Å². The second-order valence-electron chi connectivity index (χ2n) is 2.74. The molecular formula is C9H13BrN2O. The van der Waals surface area contributed by atoms with Crippen LogP contribution in [0.2, 0.25) is 0 Å². The van der Waals surface area contributed by atoms with Crippen LogP contribution in [0.25, 0.3) is 0 Å². The molecule has 0 N–H and O–H groups in total. The van der Waals surface area contributed by atoms with Gasteiger partial charge in [-0.05, 0) is 22.0 Å². The van der Waals surface area contributed by atoms with Crippen LogP contribution in [0.4, 0.5) is 5.69 Å². The van der Waals surface area contributed by atoms with Gasteiger partial charge in [-0.3, -0.25) is 4.98 Å². The highest BCUT2D eigenvalue weighted by Crippen LogP contribution is 2.22. The van der Waals surface area contributed by atoms with Crippen molar-refractivity contribution >= 4 is 21.6 Å². The molecule has 0 aromatic carbocycles. The molecule has 4 heteroatoms. The highest BCUT2D eigenvalue weighted by Gasteiger charge is 2.03. The molecule has 0 saturated carbocycles. The maximum atomic E-state index is 5.00. The smallest absolute Gasteiger partial charge is 0.0637 e. The summed E-state index contributed by atoms with van der Waals surface area (Å²) < 4.78 is 6.01. The molecule has 1 aromatic rings. The van der Waals surface area contributed by atoms with Crippen LogP contribution in [-0.2, 0) is 4.74 Å². The van der Waals surface area contributed by atoms with E-state index in [1.54, 1.807) is 19.5 Å². The highest BCUT2D eigenvalue weighted by molar-refractivity contribution is 9.10. The number of likely N-dealkylation sites (N-methyl/N-ethyl adjacent to an activating group) is 1. The van der Waals surface area contributed by atoms with Gasteiger partial charge < -0.3 is 9.64 Å². The van der Waals surface area contributed by atoms with Crippen molar-refractivity contribution in [2.75, 3.05) is 32.2 Å². The number of aromatic nitrogens is 1. The molecule has 1 rings (SSSR count). The molecule has 0 fully saturated rings. The van der Waals surface area contributed by atoms with Gasteiger partial charge >= 0.3 is 0 Å². The number of ether oxygens (including phenoxy) is 1. The van der Waals surface area contributed by atoms with Gasteiger partial charge in [0.25, 0.3) is 0 Å². The lowest BCUT2D eigenvalue weighted by atomic mass is 10.4. The van der Waals surface area contributed by atoms with Gasteiger partial charge in [0.1, 0.15) is 0 Å². The summed E-state index contributed by atoms with van der Waals surface area (Å²) in [7, 11) is 3.73. The minimum atomic E-state index is 0.727. The average Bonchev–Trinajstić information content (AvgIpc) is 2.15. The maximum absolute atomic E-state index is 5.00.